The Labute approximate surface area is 383 Å². The van der Waals surface area contributed by atoms with Crippen molar-refractivity contribution in [1.29, 1.82) is 0 Å². The number of hydrogen-bond donors (Lipinski definition) is 0. The fourth-order valence-electron chi connectivity index (χ4n) is 8.47. The molecule has 0 saturated carbocycles. The Kier molecular flexibility index (Phi) is 19.6. The van der Waals surface area contributed by atoms with E-state index >= 15 is 0 Å². The van der Waals surface area contributed by atoms with Gasteiger partial charge in [0, 0.05) is 0 Å². The minimum Gasteiger partial charge on any atom is -0.358 e. The molecule has 0 bridgehead atoms. The van der Waals surface area contributed by atoms with E-state index in [2.05, 4.69) is 182 Å². The maximum atomic E-state index is 3.94. The largest absolute Gasteiger partial charge is 4.00 e. The minimum atomic E-state index is -0.00983. The number of benzene rings is 4. The molecule has 0 fully saturated rings. The van der Waals surface area contributed by atoms with E-state index in [-0.39, 0.29) is 46.6 Å². The van der Waals surface area contributed by atoms with Gasteiger partial charge in [-0.15, -0.1) is 13.8 Å². The van der Waals surface area contributed by atoms with Gasteiger partial charge in [-0.1, -0.05) is 149 Å². The van der Waals surface area contributed by atoms with Crippen LogP contribution in [0.3, 0.4) is 0 Å². The van der Waals surface area contributed by atoms with E-state index in [0.29, 0.717) is 19.0 Å². The van der Waals surface area contributed by atoms with Crippen LogP contribution < -0.4 is 10.4 Å². The summed E-state index contributed by atoms with van der Waals surface area (Å²) in [5.74, 6) is 0. The molecule has 2 unspecified atom stereocenters. The molecule has 0 saturated heterocycles. The molecule has 2 atom stereocenters. The fraction of sp³-hybridized carbons (Fsp3) is 0.393. The zero-order valence-corrected chi connectivity index (χ0v) is 43.2. The quantitative estimate of drug-likeness (QED) is 0.0984. The van der Waals surface area contributed by atoms with Crippen molar-refractivity contribution in [2.45, 2.75) is 146 Å². The van der Waals surface area contributed by atoms with Crippen molar-refractivity contribution in [1.82, 2.24) is 0 Å². The van der Waals surface area contributed by atoms with Gasteiger partial charge < -0.3 is 14.9 Å². The molecule has 0 aromatic heterocycles. The first kappa shape index (κ1) is 52.1. The summed E-state index contributed by atoms with van der Waals surface area (Å²) in [5.41, 5.74) is 22.9. The molecular formula is C56H72Si2Ti. The monoisotopic (exact) mass is 848 g/mol. The molecular weight excluding hydrogens is 777 g/mol. The van der Waals surface area contributed by atoms with Crippen molar-refractivity contribution in [3.63, 3.8) is 0 Å². The Morgan fingerprint density at radius 2 is 0.763 bits per heavy atom. The smallest absolute Gasteiger partial charge is 0.358 e. The molecule has 4 aromatic rings. The second kappa shape index (κ2) is 22.2. The SMILES string of the molecule is CCc1cc(CC)cc([Si]C2(Cc3cccc(C)c3C)[C-]=C(C)C(C)=C2C)c1.CCc1cc(CC)cc([Si]C2(Cc3cccc(C)c3C)[C-]=C(C)C(C)=C2C)c1.[CH3-].[CH3-].[Ti+4]. The van der Waals surface area contributed by atoms with Crippen LogP contribution in [0.1, 0.15) is 125 Å². The molecule has 308 valence electrons. The Hall–Kier alpha value is -3.01. The van der Waals surface area contributed by atoms with Crippen LogP contribution in [0.4, 0.5) is 0 Å². The summed E-state index contributed by atoms with van der Waals surface area (Å²) < 4.78 is 0. The van der Waals surface area contributed by atoms with E-state index in [9.17, 15) is 0 Å². The van der Waals surface area contributed by atoms with Gasteiger partial charge in [-0.3, -0.25) is 12.2 Å². The molecule has 0 nitrogen and oxygen atoms in total. The van der Waals surface area contributed by atoms with Gasteiger partial charge in [-0.25, -0.2) is 11.1 Å². The van der Waals surface area contributed by atoms with Gasteiger partial charge in [0.05, 0.1) is 19.0 Å². The van der Waals surface area contributed by atoms with Crippen LogP contribution in [-0.2, 0) is 60.2 Å². The molecule has 2 aliphatic carbocycles. The van der Waals surface area contributed by atoms with Crippen molar-refractivity contribution in [2.24, 2.45) is 0 Å². The standard InChI is InChI=1S/2C27H33Si.2CH3.Ti/c2*1-8-23-13-24(9-2)15-26(14-23)28-27(16-19(4)20(5)22(27)7)17-25-12-10-11-18(3)21(25)6;;;/h2*10-15H,8-9,17H2,1-7H3;2*1H3;/q4*-1;+4. The number of aryl methyl sites for hydroxylation is 6. The Morgan fingerprint density at radius 3 is 1.02 bits per heavy atom. The topological polar surface area (TPSA) is 0 Å². The van der Waals surface area contributed by atoms with Gasteiger partial charge in [0.25, 0.3) is 0 Å². The first-order valence-electron chi connectivity index (χ1n) is 21.1. The second-order valence-electron chi connectivity index (χ2n) is 16.6. The molecule has 0 spiro atoms. The molecule has 0 aliphatic heterocycles. The molecule has 2 aliphatic rings. The van der Waals surface area contributed by atoms with E-state index in [1.807, 2.05) is 0 Å². The number of hydrogen-bond acceptors (Lipinski definition) is 0. The van der Waals surface area contributed by atoms with Gasteiger partial charge in [0.15, 0.2) is 0 Å². The van der Waals surface area contributed by atoms with E-state index in [1.54, 1.807) is 0 Å². The van der Waals surface area contributed by atoms with Crippen LogP contribution in [0.25, 0.3) is 0 Å². The summed E-state index contributed by atoms with van der Waals surface area (Å²) in [4.78, 5) is 0. The maximum Gasteiger partial charge on any atom is 4.00 e. The summed E-state index contributed by atoms with van der Waals surface area (Å²) in [5, 5.41) is 2.94. The van der Waals surface area contributed by atoms with Gasteiger partial charge in [0.1, 0.15) is 0 Å². The molecule has 6 rings (SSSR count). The van der Waals surface area contributed by atoms with Gasteiger partial charge in [-0.2, -0.15) is 22.3 Å². The van der Waals surface area contributed by atoms with Crippen LogP contribution in [-0.4, -0.2) is 19.0 Å². The molecule has 0 amide bonds. The number of rotatable bonds is 12. The second-order valence-corrected chi connectivity index (χ2v) is 20.0. The molecule has 0 N–H and O–H groups in total. The first-order chi connectivity index (χ1) is 26.6. The molecule has 0 heterocycles. The van der Waals surface area contributed by atoms with Crippen LogP contribution in [0.2, 0.25) is 10.1 Å². The van der Waals surface area contributed by atoms with Gasteiger partial charge in [0.2, 0.25) is 0 Å². The summed E-state index contributed by atoms with van der Waals surface area (Å²) in [6.45, 7) is 31.7. The van der Waals surface area contributed by atoms with Crippen molar-refractivity contribution in [3.8, 4) is 0 Å². The summed E-state index contributed by atoms with van der Waals surface area (Å²) >= 11 is 0. The van der Waals surface area contributed by atoms with Crippen molar-refractivity contribution in [3.05, 3.63) is 189 Å². The summed E-state index contributed by atoms with van der Waals surface area (Å²) in [7, 11) is 1.42. The van der Waals surface area contributed by atoms with E-state index in [1.165, 1.54) is 99.4 Å². The zero-order valence-electron chi connectivity index (χ0n) is 39.7. The average molecular weight is 849 g/mol. The maximum absolute atomic E-state index is 3.94. The van der Waals surface area contributed by atoms with Crippen molar-refractivity contribution < 1.29 is 21.7 Å². The Bertz CT molecular complexity index is 2010. The van der Waals surface area contributed by atoms with E-state index in [4.69, 9.17) is 0 Å². The molecule has 4 radical (unpaired) electrons. The predicted octanol–water partition coefficient (Wildman–Crippen LogP) is 13.4. The molecule has 59 heavy (non-hydrogen) atoms. The summed E-state index contributed by atoms with van der Waals surface area (Å²) in [6.07, 6.45) is 14.4. The third kappa shape index (κ3) is 11.7. The van der Waals surface area contributed by atoms with Crippen LogP contribution in [0, 0.1) is 54.7 Å². The third-order valence-corrected chi connectivity index (χ3v) is 16.5. The van der Waals surface area contributed by atoms with Crippen LogP contribution in [0.5, 0.6) is 0 Å². The minimum absolute atomic E-state index is 0. The summed E-state index contributed by atoms with van der Waals surface area (Å²) in [6, 6.07) is 28.0. The third-order valence-electron chi connectivity index (χ3n) is 13.1. The molecule has 4 aromatic carbocycles. The van der Waals surface area contributed by atoms with Crippen molar-refractivity contribution >= 4 is 29.4 Å². The Balaban J connectivity index is 0.000000387. The van der Waals surface area contributed by atoms with Crippen molar-refractivity contribution in [2.75, 3.05) is 0 Å². The van der Waals surface area contributed by atoms with Gasteiger partial charge in [-0.05, 0) is 122 Å². The number of allylic oxidation sites excluding steroid dienone is 8. The normalized spacial score (nSPS) is 18.3. The zero-order chi connectivity index (χ0) is 40.9. The van der Waals surface area contributed by atoms with Crippen LogP contribution in [0.15, 0.2) is 106 Å². The Morgan fingerprint density at radius 1 is 0.458 bits per heavy atom. The predicted molar refractivity (Wildman–Crippen MR) is 260 cm³/mol. The first-order valence-corrected chi connectivity index (χ1v) is 23.1. The van der Waals surface area contributed by atoms with E-state index < -0.39 is 0 Å². The van der Waals surface area contributed by atoms with Gasteiger partial charge >= 0.3 is 21.7 Å². The van der Waals surface area contributed by atoms with Crippen LogP contribution >= 0.6 is 0 Å². The van der Waals surface area contributed by atoms with E-state index in [0.717, 1.165) is 38.5 Å². The fourth-order valence-corrected chi connectivity index (χ4v) is 12.3. The molecule has 3 heteroatoms. The average Bonchev–Trinajstić information content (AvgIpc) is 3.52.